The maximum Gasteiger partial charge on any atom is 0.257 e. The highest BCUT2D eigenvalue weighted by molar-refractivity contribution is 6.30. The number of nitrogens with zero attached hydrogens (tertiary/aromatic N) is 2. The van der Waals surface area contributed by atoms with Crippen LogP contribution in [0, 0.1) is 11.3 Å². The second-order valence-corrected chi connectivity index (χ2v) is 6.32. The molecule has 0 saturated heterocycles. The van der Waals surface area contributed by atoms with Gasteiger partial charge in [0.2, 0.25) is 0 Å². The molecule has 0 spiro atoms. The molecule has 0 aliphatic carbocycles. The van der Waals surface area contributed by atoms with Gasteiger partial charge >= 0.3 is 0 Å². The molecule has 2 aromatic carbocycles. The Kier molecular flexibility index (Phi) is 6.03. The van der Waals surface area contributed by atoms with Gasteiger partial charge in [0.1, 0.15) is 6.07 Å². The molecule has 1 heterocycles. The maximum atomic E-state index is 12.5. The molecule has 3 aromatic rings. The molecule has 5 nitrogen and oxygen atoms in total. The number of benzene rings is 2. The molecular weight excluding hydrogens is 360 g/mol. The smallest absolute Gasteiger partial charge is 0.257 e. The highest BCUT2D eigenvalue weighted by Gasteiger charge is 2.10. The molecule has 0 aliphatic rings. The van der Waals surface area contributed by atoms with E-state index in [1.165, 1.54) is 6.20 Å². The molecule has 2 N–H and O–H groups in total. The summed E-state index contributed by atoms with van der Waals surface area (Å²) in [5.74, 6) is -0.316. The molecule has 0 atom stereocenters. The number of hydrogen-bond acceptors (Lipinski definition) is 4. The van der Waals surface area contributed by atoms with E-state index in [4.69, 9.17) is 16.9 Å². The number of para-hydroxylation sites is 1. The minimum Gasteiger partial charge on any atom is -0.383 e. The number of amides is 1. The lowest BCUT2D eigenvalue weighted by Crippen LogP contribution is -2.14. The lowest BCUT2D eigenvalue weighted by atomic mass is 10.1. The predicted octanol–water partition coefficient (Wildman–Crippen LogP) is 4.51. The van der Waals surface area contributed by atoms with Crippen LogP contribution >= 0.6 is 11.6 Å². The first-order valence-corrected chi connectivity index (χ1v) is 8.77. The molecular formula is C21H17ClN4O. The van der Waals surface area contributed by atoms with Crippen molar-refractivity contribution in [3.05, 3.63) is 88.7 Å². The molecule has 1 aromatic heterocycles. The van der Waals surface area contributed by atoms with Crippen LogP contribution < -0.4 is 10.6 Å². The molecule has 0 aliphatic heterocycles. The van der Waals surface area contributed by atoms with Crippen LogP contribution in [0.2, 0.25) is 5.02 Å². The fourth-order valence-corrected chi connectivity index (χ4v) is 2.80. The van der Waals surface area contributed by atoms with Crippen molar-refractivity contribution in [2.24, 2.45) is 0 Å². The topological polar surface area (TPSA) is 77.8 Å². The molecule has 6 heteroatoms. The number of nitrogens with one attached hydrogen (secondary N) is 2. The van der Waals surface area contributed by atoms with Crippen molar-refractivity contribution in [2.45, 2.75) is 6.42 Å². The first kappa shape index (κ1) is 18.4. The summed E-state index contributed by atoms with van der Waals surface area (Å²) < 4.78 is 0. The van der Waals surface area contributed by atoms with E-state index in [1.54, 1.807) is 36.5 Å². The van der Waals surface area contributed by atoms with Crippen LogP contribution in [0.15, 0.2) is 67.0 Å². The number of anilines is 2. The van der Waals surface area contributed by atoms with Crippen LogP contribution in [0.5, 0.6) is 0 Å². The van der Waals surface area contributed by atoms with E-state index in [0.717, 1.165) is 17.7 Å². The van der Waals surface area contributed by atoms with E-state index in [1.807, 2.05) is 24.3 Å². The van der Waals surface area contributed by atoms with Gasteiger partial charge in [0.25, 0.3) is 5.91 Å². The Bertz CT molecular complexity index is 997. The summed E-state index contributed by atoms with van der Waals surface area (Å²) in [6.07, 6.45) is 3.96. The number of pyridine rings is 1. The average molecular weight is 377 g/mol. The SMILES string of the molecule is N#Cc1ccccc1NC(=O)c1cncc(NCCc2cccc(Cl)c2)c1. The van der Waals surface area contributed by atoms with Crippen molar-refractivity contribution in [3.8, 4) is 6.07 Å². The van der Waals surface area contributed by atoms with Gasteiger partial charge in [-0.3, -0.25) is 9.78 Å². The van der Waals surface area contributed by atoms with Gasteiger partial charge in [0.05, 0.1) is 22.5 Å². The molecule has 27 heavy (non-hydrogen) atoms. The Balaban J connectivity index is 1.63. The first-order chi connectivity index (χ1) is 13.2. The Hall–Kier alpha value is -3.36. The summed E-state index contributed by atoms with van der Waals surface area (Å²) >= 11 is 5.99. The van der Waals surface area contributed by atoms with Gasteiger partial charge in [0, 0.05) is 24.0 Å². The van der Waals surface area contributed by atoms with Gasteiger partial charge in [0.15, 0.2) is 0 Å². The zero-order chi connectivity index (χ0) is 19.1. The van der Waals surface area contributed by atoms with E-state index in [0.29, 0.717) is 28.4 Å². The quantitative estimate of drug-likeness (QED) is 0.663. The zero-order valence-corrected chi connectivity index (χ0v) is 15.2. The highest BCUT2D eigenvalue weighted by atomic mass is 35.5. The Morgan fingerprint density at radius 2 is 1.96 bits per heavy atom. The fourth-order valence-electron chi connectivity index (χ4n) is 2.59. The van der Waals surface area contributed by atoms with Gasteiger partial charge in [-0.2, -0.15) is 5.26 Å². The number of rotatable bonds is 6. The van der Waals surface area contributed by atoms with Crippen LogP contribution in [-0.4, -0.2) is 17.4 Å². The van der Waals surface area contributed by atoms with E-state index < -0.39 is 0 Å². The van der Waals surface area contributed by atoms with Gasteiger partial charge < -0.3 is 10.6 Å². The third-order valence-corrected chi connectivity index (χ3v) is 4.16. The van der Waals surface area contributed by atoms with Gasteiger partial charge in [-0.15, -0.1) is 0 Å². The number of halogens is 1. The van der Waals surface area contributed by atoms with Crippen molar-refractivity contribution in [1.82, 2.24) is 4.98 Å². The highest BCUT2D eigenvalue weighted by Crippen LogP contribution is 2.16. The van der Waals surface area contributed by atoms with Crippen molar-refractivity contribution in [1.29, 1.82) is 5.26 Å². The van der Waals surface area contributed by atoms with E-state index in [2.05, 4.69) is 21.7 Å². The molecule has 0 saturated carbocycles. The van der Waals surface area contributed by atoms with E-state index in [9.17, 15) is 4.79 Å². The fraction of sp³-hybridized carbons (Fsp3) is 0.0952. The van der Waals surface area contributed by atoms with E-state index >= 15 is 0 Å². The summed E-state index contributed by atoms with van der Waals surface area (Å²) in [6, 6.07) is 18.4. The summed E-state index contributed by atoms with van der Waals surface area (Å²) in [5.41, 5.74) is 3.18. The van der Waals surface area contributed by atoms with Gasteiger partial charge in [-0.05, 0) is 42.3 Å². The minimum absolute atomic E-state index is 0.316. The lowest BCUT2D eigenvalue weighted by molar-refractivity contribution is 0.102. The molecule has 134 valence electrons. The third kappa shape index (κ3) is 5.06. The van der Waals surface area contributed by atoms with Crippen molar-refractivity contribution < 1.29 is 4.79 Å². The summed E-state index contributed by atoms with van der Waals surface area (Å²) in [5, 5.41) is 15.8. The third-order valence-electron chi connectivity index (χ3n) is 3.93. The monoisotopic (exact) mass is 376 g/mol. The Morgan fingerprint density at radius 3 is 2.78 bits per heavy atom. The molecule has 0 bridgehead atoms. The second kappa shape index (κ2) is 8.84. The maximum absolute atomic E-state index is 12.5. The number of carbonyl (C=O) groups is 1. The minimum atomic E-state index is -0.316. The zero-order valence-electron chi connectivity index (χ0n) is 14.4. The molecule has 3 rings (SSSR count). The van der Waals surface area contributed by atoms with Crippen LogP contribution in [0.3, 0.4) is 0 Å². The predicted molar refractivity (Wildman–Crippen MR) is 107 cm³/mol. The Morgan fingerprint density at radius 1 is 1.11 bits per heavy atom. The van der Waals surface area contributed by atoms with Crippen LogP contribution in [-0.2, 0) is 6.42 Å². The molecule has 0 fully saturated rings. The van der Waals surface area contributed by atoms with Crippen LogP contribution in [0.25, 0.3) is 0 Å². The molecule has 1 amide bonds. The lowest BCUT2D eigenvalue weighted by Gasteiger charge is -2.09. The van der Waals surface area contributed by atoms with Crippen LogP contribution in [0.1, 0.15) is 21.5 Å². The first-order valence-electron chi connectivity index (χ1n) is 8.39. The van der Waals surface area contributed by atoms with E-state index in [-0.39, 0.29) is 5.91 Å². The van der Waals surface area contributed by atoms with Gasteiger partial charge in [-0.1, -0.05) is 35.9 Å². The summed E-state index contributed by atoms with van der Waals surface area (Å²) in [6.45, 7) is 0.685. The number of hydrogen-bond donors (Lipinski definition) is 2. The average Bonchev–Trinajstić information content (AvgIpc) is 2.69. The number of nitriles is 1. The van der Waals surface area contributed by atoms with Crippen molar-refractivity contribution >= 4 is 28.9 Å². The summed E-state index contributed by atoms with van der Waals surface area (Å²) in [7, 11) is 0. The second-order valence-electron chi connectivity index (χ2n) is 5.88. The molecule has 0 unspecified atom stereocenters. The number of carbonyl (C=O) groups excluding carboxylic acids is 1. The van der Waals surface area contributed by atoms with Crippen molar-refractivity contribution in [3.63, 3.8) is 0 Å². The number of aromatic nitrogens is 1. The largest absolute Gasteiger partial charge is 0.383 e. The van der Waals surface area contributed by atoms with Crippen molar-refractivity contribution in [2.75, 3.05) is 17.2 Å². The summed E-state index contributed by atoms with van der Waals surface area (Å²) in [4.78, 5) is 16.6. The Labute approximate surface area is 162 Å². The standard InChI is InChI=1S/C21H17ClN4O/c22-18-6-3-4-15(10-18)8-9-25-19-11-17(13-24-14-19)21(27)26-20-7-2-1-5-16(20)12-23/h1-7,10-11,13-14,25H,8-9H2,(H,26,27). The van der Waals surface area contributed by atoms with Crippen LogP contribution in [0.4, 0.5) is 11.4 Å². The van der Waals surface area contributed by atoms with Gasteiger partial charge in [-0.25, -0.2) is 0 Å². The normalized spacial score (nSPS) is 10.1. The molecule has 0 radical (unpaired) electrons.